The van der Waals surface area contributed by atoms with Gasteiger partial charge in [0.15, 0.2) is 0 Å². The Balaban J connectivity index is 1.44. The summed E-state index contributed by atoms with van der Waals surface area (Å²) in [4.78, 5) is 19.0. The molecule has 6 heteroatoms. The van der Waals surface area contributed by atoms with Crippen molar-refractivity contribution in [2.45, 2.75) is 37.3 Å². The van der Waals surface area contributed by atoms with Gasteiger partial charge in [-0.15, -0.1) is 0 Å². The summed E-state index contributed by atoms with van der Waals surface area (Å²) in [6.07, 6.45) is 7.56. The average Bonchev–Trinajstić information content (AvgIpc) is 3.35. The van der Waals surface area contributed by atoms with E-state index in [0.29, 0.717) is 38.4 Å². The molecule has 1 unspecified atom stereocenters. The fourth-order valence-electron chi connectivity index (χ4n) is 4.14. The molecule has 0 bridgehead atoms. The van der Waals surface area contributed by atoms with Crippen molar-refractivity contribution in [3.05, 3.63) is 54.1 Å². The highest BCUT2D eigenvalue weighted by Gasteiger charge is 2.35. The summed E-state index contributed by atoms with van der Waals surface area (Å²) in [6, 6.07) is 8.00. The molecular formula is C20H26N4O2. The highest BCUT2D eigenvalue weighted by Crippen LogP contribution is 2.29. The molecule has 0 spiro atoms. The Labute approximate surface area is 153 Å². The van der Waals surface area contributed by atoms with Gasteiger partial charge in [0.05, 0.1) is 18.5 Å². The highest BCUT2D eigenvalue weighted by molar-refractivity contribution is 5.96. The first-order valence-electron chi connectivity index (χ1n) is 9.42. The van der Waals surface area contributed by atoms with Crippen LogP contribution in [0.4, 0.5) is 0 Å². The molecule has 1 aromatic carbocycles. The number of carbonyl (C=O) groups excluding carboxylic acids is 1. The molecule has 2 aliphatic heterocycles. The molecular weight excluding hydrogens is 328 g/mol. The third-order valence-corrected chi connectivity index (χ3v) is 5.71. The molecule has 26 heavy (non-hydrogen) atoms. The number of nitrogens with one attached hydrogen (secondary N) is 1. The molecule has 2 saturated heterocycles. The van der Waals surface area contributed by atoms with E-state index in [0.717, 1.165) is 30.6 Å². The molecule has 4 rings (SSSR count). The van der Waals surface area contributed by atoms with Crippen LogP contribution in [-0.2, 0) is 6.54 Å². The van der Waals surface area contributed by atoms with E-state index in [1.165, 1.54) is 0 Å². The maximum Gasteiger partial charge on any atom is 0.254 e. The van der Waals surface area contributed by atoms with Gasteiger partial charge in [-0.25, -0.2) is 4.98 Å². The maximum absolute atomic E-state index is 13.1. The van der Waals surface area contributed by atoms with Crippen molar-refractivity contribution in [1.29, 1.82) is 0 Å². The van der Waals surface area contributed by atoms with Gasteiger partial charge < -0.3 is 19.9 Å². The third kappa shape index (κ3) is 3.52. The van der Waals surface area contributed by atoms with Crippen LogP contribution in [0.25, 0.3) is 0 Å². The van der Waals surface area contributed by atoms with Gasteiger partial charge in [0.2, 0.25) is 0 Å². The summed E-state index contributed by atoms with van der Waals surface area (Å²) in [6.45, 7) is 3.65. The summed E-state index contributed by atoms with van der Waals surface area (Å²) in [5, 5.41) is 14.2. The average molecular weight is 354 g/mol. The van der Waals surface area contributed by atoms with E-state index in [-0.39, 0.29) is 5.91 Å². The van der Waals surface area contributed by atoms with Crippen molar-refractivity contribution < 1.29 is 9.90 Å². The molecule has 0 radical (unpaired) electrons. The van der Waals surface area contributed by atoms with Crippen LogP contribution in [0.2, 0.25) is 0 Å². The lowest BCUT2D eigenvalue weighted by Gasteiger charge is -2.38. The Morgan fingerprint density at radius 3 is 2.81 bits per heavy atom. The van der Waals surface area contributed by atoms with E-state index < -0.39 is 5.60 Å². The minimum absolute atomic E-state index is 0.0946. The number of hydrogen-bond acceptors (Lipinski definition) is 4. The van der Waals surface area contributed by atoms with Gasteiger partial charge in [-0.1, -0.05) is 18.2 Å². The standard InChI is InChI=1S/C20H26N4O2/c25-19(18-4-2-1-3-17(18)16-5-8-21-13-16)24-10-6-20(26,7-11-24)14-23-12-9-22-15-23/h1-4,9,12,15-16,21,26H,5-8,10-11,13-14H2. The molecule has 1 atom stereocenters. The zero-order valence-corrected chi connectivity index (χ0v) is 15.0. The van der Waals surface area contributed by atoms with Crippen LogP contribution < -0.4 is 5.32 Å². The number of carbonyl (C=O) groups is 1. The lowest BCUT2D eigenvalue weighted by molar-refractivity contribution is -0.0292. The zero-order chi connectivity index (χ0) is 18.0. The van der Waals surface area contributed by atoms with E-state index in [1.54, 1.807) is 12.5 Å². The van der Waals surface area contributed by atoms with E-state index in [9.17, 15) is 9.90 Å². The van der Waals surface area contributed by atoms with Crippen molar-refractivity contribution >= 4 is 5.91 Å². The number of likely N-dealkylation sites (tertiary alicyclic amines) is 1. The Morgan fingerprint density at radius 1 is 1.31 bits per heavy atom. The quantitative estimate of drug-likeness (QED) is 0.875. The topological polar surface area (TPSA) is 70.4 Å². The first kappa shape index (κ1) is 17.2. The number of benzene rings is 1. The Bertz CT molecular complexity index is 745. The van der Waals surface area contributed by atoms with E-state index in [4.69, 9.17) is 0 Å². The maximum atomic E-state index is 13.1. The molecule has 0 aliphatic carbocycles. The van der Waals surface area contributed by atoms with Gasteiger partial charge in [0, 0.05) is 37.6 Å². The highest BCUT2D eigenvalue weighted by atomic mass is 16.3. The van der Waals surface area contributed by atoms with E-state index >= 15 is 0 Å². The molecule has 2 aliphatic rings. The van der Waals surface area contributed by atoms with Gasteiger partial charge in [0.25, 0.3) is 5.91 Å². The Morgan fingerprint density at radius 2 is 2.12 bits per heavy atom. The summed E-state index contributed by atoms with van der Waals surface area (Å²) < 4.78 is 1.90. The number of piperidine rings is 1. The van der Waals surface area contributed by atoms with Crippen LogP contribution in [0.1, 0.15) is 41.1 Å². The Hall–Kier alpha value is -2.18. The first-order chi connectivity index (χ1) is 12.6. The SMILES string of the molecule is O=C(c1ccccc1C1CCNC1)N1CCC(O)(Cn2ccnc2)CC1. The van der Waals surface area contributed by atoms with Gasteiger partial charge in [-0.2, -0.15) is 0 Å². The second-order valence-corrected chi connectivity index (χ2v) is 7.53. The fourth-order valence-corrected chi connectivity index (χ4v) is 4.14. The monoisotopic (exact) mass is 354 g/mol. The lowest BCUT2D eigenvalue weighted by Crippen LogP contribution is -2.48. The molecule has 2 N–H and O–H groups in total. The molecule has 6 nitrogen and oxygen atoms in total. The molecule has 0 saturated carbocycles. The lowest BCUT2D eigenvalue weighted by atomic mass is 9.89. The van der Waals surface area contributed by atoms with Gasteiger partial charge in [0.1, 0.15) is 0 Å². The normalized spacial score (nSPS) is 22.5. The molecule has 2 aromatic rings. The second kappa shape index (κ2) is 7.21. The predicted octanol–water partition coefficient (Wildman–Crippen LogP) is 1.63. The summed E-state index contributed by atoms with van der Waals surface area (Å²) in [5.74, 6) is 0.510. The molecule has 1 amide bonds. The van der Waals surface area contributed by atoms with E-state index in [2.05, 4.69) is 16.4 Å². The van der Waals surface area contributed by atoms with Crippen molar-refractivity contribution in [1.82, 2.24) is 19.8 Å². The Kier molecular flexibility index (Phi) is 4.78. The van der Waals surface area contributed by atoms with Gasteiger partial charge >= 0.3 is 0 Å². The van der Waals surface area contributed by atoms with Crippen LogP contribution in [0.3, 0.4) is 0 Å². The fraction of sp³-hybridized carbons (Fsp3) is 0.500. The van der Waals surface area contributed by atoms with E-state index in [1.807, 2.05) is 33.9 Å². The number of hydrogen-bond donors (Lipinski definition) is 2. The number of rotatable bonds is 4. The first-order valence-corrected chi connectivity index (χ1v) is 9.42. The van der Waals surface area contributed by atoms with Crippen molar-refractivity contribution in [3.63, 3.8) is 0 Å². The summed E-state index contributed by atoms with van der Waals surface area (Å²) in [7, 11) is 0. The van der Waals surface area contributed by atoms with Gasteiger partial charge in [-0.3, -0.25) is 4.79 Å². The number of nitrogens with zero attached hydrogens (tertiary/aromatic N) is 3. The second-order valence-electron chi connectivity index (χ2n) is 7.53. The third-order valence-electron chi connectivity index (χ3n) is 5.71. The van der Waals surface area contributed by atoms with Crippen LogP contribution >= 0.6 is 0 Å². The number of amides is 1. The minimum Gasteiger partial charge on any atom is -0.388 e. The number of imidazole rings is 1. The summed E-state index contributed by atoms with van der Waals surface area (Å²) >= 11 is 0. The zero-order valence-electron chi connectivity index (χ0n) is 15.0. The minimum atomic E-state index is -0.771. The molecule has 3 heterocycles. The largest absolute Gasteiger partial charge is 0.388 e. The predicted molar refractivity (Wildman–Crippen MR) is 99.0 cm³/mol. The van der Waals surface area contributed by atoms with Crippen LogP contribution in [0.5, 0.6) is 0 Å². The summed E-state index contributed by atoms with van der Waals surface area (Å²) in [5.41, 5.74) is 1.20. The van der Waals surface area contributed by atoms with Gasteiger partial charge in [-0.05, 0) is 43.4 Å². The van der Waals surface area contributed by atoms with Crippen LogP contribution in [0, 0.1) is 0 Å². The molecule has 138 valence electrons. The molecule has 1 aromatic heterocycles. The smallest absolute Gasteiger partial charge is 0.254 e. The number of aliphatic hydroxyl groups is 1. The van der Waals surface area contributed by atoms with Crippen LogP contribution in [-0.4, -0.2) is 57.2 Å². The van der Waals surface area contributed by atoms with Crippen LogP contribution in [0.15, 0.2) is 43.0 Å². The van der Waals surface area contributed by atoms with Crippen molar-refractivity contribution in [2.24, 2.45) is 0 Å². The molecule has 2 fully saturated rings. The van der Waals surface area contributed by atoms with Crippen molar-refractivity contribution in [3.8, 4) is 0 Å². The van der Waals surface area contributed by atoms with Crippen molar-refractivity contribution in [2.75, 3.05) is 26.2 Å². The number of aromatic nitrogens is 2.